The summed E-state index contributed by atoms with van der Waals surface area (Å²) in [5, 5.41) is 2.16. The third-order valence-electron chi connectivity index (χ3n) is 8.84. The van der Waals surface area contributed by atoms with E-state index in [1.165, 1.54) is 12.1 Å². The number of likely N-dealkylation sites (tertiary alicyclic amines) is 1. The van der Waals surface area contributed by atoms with Gasteiger partial charge in [0.1, 0.15) is 5.75 Å². The van der Waals surface area contributed by atoms with Gasteiger partial charge < -0.3 is 20.3 Å². The van der Waals surface area contributed by atoms with Gasteiger partial charge in [-0.15, -0.1) is 13.2 Å². The summed E-state index contributed by atoms with van der Waals surface area (Å²) >= 11 is 0. The zero-order valence-electron chi connectivity index (χ0n) is 24.6. The van der Waals surface area contributed by atoms with E-state index < -0.39 is 12.4 Å². The normalized spacial score (nSPS) is 19.5. The second-order valence-corrected chi connectivity index (χ2v) is 12.0. The number of halogens is 3. The Morgan fingerprint density at radius 3 is 2.26 bits per heavy atom. The molecule has 0 aliphatic carbocycles. The van der Waals surface area contributed by atoms with Crippen molar-refractivity contribution < 1.29 is 27.5 Å². The number of nitrogens with zero attached hydrogens (tertiary/aromatic N) is 3. The number of fused-ring (bicyclic) bond motifs is 1. The predicted molar refractivity (Wildman–Crippen MR) is 159 cm³/mol. The van der Waals surface area contributed by atoms with Crippen molar-refractivity contribution in [2.75, 3.05) is 32.7 Å². The third kappa shape index (κ3) is 7.24. The van der Waals surface area contributed by atoms with Crippen LogP contribution in [0.25, 0.3) is 10.8 Å². The molecule has 2 atom stereocenters. The van der Waals surface area contributed by atoms with Gasteiger partial charge in [-0.05, 0) is 58.7 Å². The number of carbonyl (C=O) groups is 2. The smallest absolute Gasteiger partial charge is 0.406 e. The van der Waals surface area contributed by atoms with Crippen LogP contribution in [-0.4, -0.2) is 71.8 Å². The molecule has 5 rings (SSSR count). The number of nitrogens with two attached hydrogens (primary N) is 1. The summed E-state index contributed by atoms with van der Waals surface area (Å²) in [5.74, 6) is 0.283. The van der Waals surface area contributed by atoms with Crippen molar-refractivity contribution in [1.29, 1.82) is 0 Å². The van der Waals surface area contributed by atoms with Crippen molar-refractivity contribution in [1.82, 2.24) is 14.7 Å². The summed E-state index contributed by atoms with van der Waals surface area (Å²) in [6, 6.07) is 19.7. The lowest BCUT2D eigenvalue weighted by Gasteiger charge is -2.47. The molecule has 3 aromatic rings. The summed E-state index contributed by atoms with van der Waals surface area (Å²) in [7, 11) is 0. The fourth-order valence-electron chi connectivity index (χ4n) is 6.60. The molecule has 0 bridgehead atoms. The van der Waals surface area contributed by atoms with E-state index >= 15 is 0 Å². The number of piperidine rings is 1. The summed E-state index contributed by atoms with van der Waals surface area (Å²) < 4.78 is 42.7. The third-order valence-corrected chi connectivity index (χ3v) is 8.84. The molecular formula is C33H39F3N4O3. The minimum atomic E-state index is -4.76. The largest absolute Gasteiger partial charge is 0.573 e. The number of hydrogen-bond acceptors (Lipinski definition) is 4. The minimum absolute atomic E-state index is 0.0303. The van der Waals surface area contributed by atoms with E-state index in [2.05, 4.69) is 47.7 Å². The Hall–Kier alpha value is -3.79. The maximum absolute atomic E-state index is 13.6. The van der Waals surface area contributed by atoms with Crippen molar-refractivity contribution in [2.24, 2.45) is 17.6 Å². The van der Waals surface area contributed by atoms with E-state index in [9.17, 15) is 22.8 Å². The van der Waals surface area contributed by atoms with Crippen molar-refractivity contribution >= 4 is 22.7 Å². The number of ether oxygens (including phenoxy) is 1. The maximum Gasteiger partial charge on any atom is 0.573 e. The Labute approximate surface area is 250 Å². The van der Waals surface area contributed by atoms with E-state index in [1.54, 1.807) is 17.0 Å². The van der Waals surface area contributed by atoms with E-state index in [4.69, 9.17) is 5.73 Å². The monoisotopic (exact) mass is 596 g/mol. The van der Waals surface area contributed by atoms with Crippen LogP contribution in [0.15, 0.2) is 66.7 Å². The molecular weight excluding hydrogens is 557 g/mol. The average Bonchev–Trinajstić information content (AvgIpc) is 2.97. The van der Waals surface area contributed by atoms with Crippen LogP contribution in [0.2, 0.25) is 0 Å². The molecule has 0 aromatic heterocycles. The number of rotatable bonds is 7. The highest BCUT2D eigenvalue weighted by Gasteiger charge is 2.37. The first kappa shape index (κ1) is 30.7. The van der Waals surface area contributed by atoms with E-state index in [1.807, 2.05) is 23.1 Å². The number of alkyl halides is 3. The SMILES string of the molecule is CC(C)[C@H]1CN(C(c2ccc(OC(F)(F)F)cc2)c2cccc3ccccc23)CCN1C(=O)CC1CCN(C(N)=O)CC1. The van der Waals surface area contributed by atoms with Gasteiger partial charge in [-0.3, -0.25) is 9.69 Å². The minimum Gasteiger partial charge on any atom is -0.406 e. The Bertz CT molecular complexity index is 1420. The molecule has 0 saturated carbocycles. The van der Waals surface area contributed by atoms with Crippen LogP contribution in [0.3, 0.4) is 0 Å². The molecule has 2 N–H and O–H groups in total. The van der Waals surface area contributed by atoms with Crippen molar-refractivity contribution in [2.45, 2.75) is 51.6 Å². The van der Waals surface area contributed by atoms with Crippen LogP contribution >= 0.6 is 0 Å². The van der Waals surface area contributed by atoms with Gasteiger partial charge in [-0.25, -0.2) is 4.79 Å². The van der Waals surface area contributed by atoms with Gasteiger partial charge >= 0.3 is 12.4 Å². The highest BCUT2D eigenvalue weighted by atomic mass is 19.4. The molecule has 0 radical (unpaired) electrons. The fourth-order valence-corrected chi connectivity index (χ4v) is 6.60. The molecule has 10 heteroatoms. The number of primary amides is 1. The molecule has 7 nitrogen and oxygen atoms in total. The summed E-state index contributed by atoms with van der Waals surface area (Å²) in [6.07, 6.45) is -2.79. The number of carbonyl (C=O) groups excluding carboxylic acids is 2. The summed E-state index contributed by atoms with van der Waals surface area (Å²) in [5.41, 5.74) is 7.34. The Morgan fingerprint density at radius 1 is 0.930 bits per heavy atom. The van der Waals surface area contributed by atoms with E-state index in [0.29, 0.717) is 39.1 Å². The number of amides is 3. The van der Waals surface area contributed by atoms with Crippen LogP contribution in [0.5, 0.6) is 5.75 Å². The quantitative estimate of drug-likeness (QED) is 0.354. The fraction of sp³-hybridized carbons (Fsp3) is 0.455. The number of urea groups is 1. The molecule has 3 amide bonds. The van der Waals surface area contributed by atoms with Crippen LogP contribution in [0.1, 0.15) is 50.3 Å². The second kappa shape index (κ2) is 12.8. The second-order valence-electron chi connectivity index (χ2n) is 12.0. The first-order valence-electron chi connectivity index (χ1n) is 14.9. The zero-order chi connectivity index (χ0) is 30.7. The molecule has 2 fully saturated rings. The van der Waals surface area contributed by atoms with Crippen LogP contribution in [0.4, 0.5) is 18.0 Å². The van der Waals surface area contributed by atoms with E-state index in [-0.39, 0.29) is 35.6 Å². The highest BCUT2D eigenvalue weighted by Crippen LogP contribution is 2.37. The van der Waals surface area contributed by atoms with Crippen molar-refractivity contribution in [3.05, 3.63) is 77.9 Å². The van der Waals surface area contributed by atoms with Gasteiger partial charge in [0.05, 0.1) is 6.04 Å². The lowest BCUT2D eigenvalue weighted by Crippen LogP contribution is -2.58. The molecule has 2 aliphatic rings. The molecule has 2 aliphatic heterocycles. The topological polar surface area (TPSA) is 79.1 Å². The number of benzene rings is 3. The molecule has 3 aromatic carbocycles. The van der Waals surface area contributed by atoms with Crippen LogP contribution < -0.4 is 10.5 Å². The highest BCUT2D eigenvalue weighted by molar-refractivity contribution is 5.86. The van der Waals surface area contributed by atoms with Gasteiger partial charge in [0, 0.05) is 45.2 Å². The number of hydrogen-bond donors (Lipinski definition) is 1. The summed E-state index contributed by atoms with van der Waals surface area (Å²) in [6.45, 7) is 7.19. The standard InChI is InChI=1S/C33H39F3N4O3/c1-22(2)29-21-39(18-19-40(29)30(41)20-23-14-16-38(17-15-23)32(37)42)31(25-10-12-26(13-11-25)43-33(34,35)36)28-9-5-7-24-6-3-4-8-27(24)28/h3-13,22-23,29,31H,14-21H2,1-2H3,(H2,37,42)/t29-,31?/m1/s1. The lowest BCUT2D eigenvalue weighted by atomic mass is 9.89. The van der Waals surface area contributed by atoms with Gasteiger partial charge in [0.25, 0.3) is 0 Å². The molecule has 230 valence electrons. The van der Waals surface area contributed by atoms with Crippen LogP contribution in [0, 0.1) is 11.8 Å². The summed E-state index contributed by atoms with van der Waals surface area (Å²) in [4.78, 5) is 31.1. The van der Waals surface area contributed by atoms with Gasteiger partial charge in [-0.2, -0.15) is 0 Å². The van der Waals surface area contributed by atoms with Gasteiger partial charge in [0.2, 0.25) is 5.91 Å². The molecule has 2 heterocycles. The van der Waals surface area contributed by atoms with Gasteiger partial charge in [0.15, 0.2) is 0 Å². The van der Waals surface area contributed by atoms with Crippen molar-refractivity contribution in [3.8, 4) is 5.75 Å². The van der Waals surface area contributed by atoms with E-state index in [0.717, 1.165) is 34.7 Å². The van der Waals surface area contributed by atoms with Gasteiger partial charge in [-0.1, -0.05) is 68.4 Å². The average molecular weight is 597 g/mol. The molecule has 1 unspecified atom stereocenters. The Balaban J connectivity index is 1.40. The Morgan fingerprint density at radius 2 is 1.60 bits per heavy atom. The Kier molecular flexibility index (Phi) is 9.15. The zero-order valence-corrected chi connectivity index (χ0v) is 24.6. The number of piperazine rings is 1. The van der Waals surface area contributed by atoms with Crippen LogP contribution in [-0.2, 0) is 4.79 Å². The first-order valence-corrected chi connectivity index (χ1v) is 14.9. The first-order chi connectivity index (χ1) is 20.5. The van der Waals surface area contributed by atoms with Crippen molar-refractivity contribution in [3.63, 3.8) is 0 Å². The molecule has 0 spiro atoms. The maximum atomic E-state index is 13.6. The predicted octanol–water partition coefficient (Wildman–Crippen LogP) is 6.18. The molecule has 43 heavy (non-hydrogen) atoms. The molecule has 2 saturated heterocycles. The lowest BCUT2D eigenvalue weighted by molar-refractivity contribution is -0.274.